The molecule has 0 aromatic heterocycles. The molecule has 1 amide bonds. The number of carbonyl (C=O) groups is 2. The molecule has 0 saturated heterocycles. The molecule has 19 heavy (non-hydrogen) atoms. The predicted octanol–water partition coefficient (Wildman–Crippen LogP) is 2.86. The summed E-state index contributed by atoms with van der Waals surface area (Å²) in [6.45, 7) is 0. The van der Waals surface area contributed by atoms with E-state index in [0.717, 1.165) is 32.1 Å². The first-order valence-corrected chi connectivity index (χ1v) is 7.67. The van der Waals surface area contributed by atoms with Crippen LogP contribution < -0.4 is 5.32 Å². The zero-order valence-electron chi connectivity index (χ0n) is 11.6. The molecule has 0 aromatic rings. The van der Waals surface area contributed by atoms with Crippen molar-refractivity contribution in [2.24, 2.45) is 5.92 Å². The van der Waals surface area contributed by atoms with E-state index < -0.39 is 11.5 Å². The Hall–Kier alpha value is -1.06. The first-order valence-electron chi connectivity index (χ1n) is 7.67. The van der Waals surface area contributed by atoms with Gasteiger partial charge in [-0.05, 0) is 25.2 Å². The lowest BCUT2D eigenvalue weighted by Crippen LogP contribution is -2.54. The number of carboxylic acids is 1. The molecule has 0 aromatic carbocycles. The molecule has 0 radical (unpaired) electrons. The Kier molecular flexibility index (Phi) is 4.83. The van der Waals surface area contributed by atoms with Gasteiger partial charge in [0.1, 0.15) is 5.54 Å². The monoisotopic (exact) mass is 267 g/mol. The van der Waals surface area contributed by atoms with Crippen molar-refractivity contribution >= 4 is 11.9 Å². The Morgan fingerprint density at radius 2 is 1.68 bits per heavy atom. The molecule has 0 aliphatic heterocycles. The van der Waals surface area contributed by atoms with Gasteiger partial charge in [-0.25, -0.2) is 4.79 Å². The van der Waals surface area contributed by atoms with Crippen LogP contribution >= 0.6 is 0 Å². The maximum atomic E-state index is 12.0. The van der Waals surface area contributed by atoms with Crippen LogP contribution in [0, 0.1) is 5.92 Å². The van der Waals surface area contributed by atoms with Crippen molar-refractivity contribution in [3.05, 3.63) is 0 Å². The van der Waals surface area contributed by atoms with E-state index in [9.17, 15) is 14.7 Å². The van der Waals surface area contributed by atoms with Crippen LogP contribution in [0.25, 0.3) is 0 Å². The molecular formula is C15H25NO3. The van der Waals surface area contributed by atoms with Crippen molar-refractivity contribution in [3.63, 3.8) is 0 Å². The first kappa shape index (κ1) is 14.4. The SMILES string of the molecule is O=C(CCC1CCC1)NC1(C(=O)O)CCCCCC1. The third-order valence-corrected chi connectivity index (χ3v) is 4.75. The molecule has 0 heterocycles. The number of rotatable bonds is 5. The minimum absolute atomic E-state index is 0.0730. The van der Waals surface area contributed by atoms with E-state index >= 15 is 0 Å². The maximum Gasteiger partial charge on any atom is 0.329 e. The second kappa shape index (κ2) is 6.40. The van der Waals surface area contributed by atoms with E-state index in [1.165, 1.54) is 19.3 Å². The van der Waals surface area contributed by atoms with Crippen LogP contribution in [0.3, 0.4) is 0 Å². The van der Waals surface area contributed by atoms with Gasteiger partial charge in [0.25, 0.3) is 0 Å². The summed E-state index contributed by atoms with van der Waals surface area (Å²) in [5, 5.41) is 12.3. The fraction of sp³-hybridized carbons (Fsp3) is 0.867. The lowest BCUT2D eigenvalue weighted by Gasteiger charge is -2.30. The van der Waals surface area contributed by atoms with Crippen molar-refractivity contribution in [1.29, 1.82) is 0 Å². The lowest BCUT2D eigenvalue weighted by molar-refractivity contribution is -0.148. The molecule has 2 saturated carbocycles. The van der Waals surface area contributed by atoms with E-state index in [-0.39, 0.29) is 5.91 Å². The van der Waals surface area contributed by atoms with Crippen LogP contribution in [0.4, 0.5) is 0 Å². The van der Waals surface area contributed by atoms with E-state index in [4.69, 9.17) is 0 Å². The summed E-state index contributed by atoms with van der Waals surface area (Å²) in [5.41, 5.74) is -0.993. The molecule has 0 bridgehead atoms. The Labute approximate surface area is 115 Å². The summed E-state index contributed by atoms with van der Waals surface area (Å²) in [4.78, 5) is 23.6. The number of amides is 1. The van der Waals surface area contributed by atoms with Crippen LogP contribution in [-0.2, 0) is 9.59 Å². The molecule has 0 atom stereocenters. The maximum absolute atomic E-state index is 12.0. The van der Waals surface area contributed by atoms with Crippen LogP contribution in [-0.4, -0.2) is 22.5 Å². The molecule has 4 nitrogen and oxygen atoms in total. The largest absolute Gasteiger partial charge is 0.480 e. The Morgan fingerprint density at radius 3 is 2.16 bits per heavy atom. The van der Waals surface area contributed by atoms with Crippen molar-refractivity contribution < 1.29 is 14.7 Å². The van der Waals surface area contributed by atoms with Crippen molar-refractivity contribution in [2.45, 2.75) is 76.2 Å². The van der Waals surface area contributed by atoms with E-state index in [1.807, 2.05) is 0 Å². The number of hydrogen-bond donors (Lipinski definition) is 2. The second-order valence-electron chi connectivity index (χ2n) is 6.19. The molecule has 2 rings (SSSR count). The molecule has 4 heteroatoms. The van der Waals surface area contributed by atoms with Crippen molar-refractivity contribution in [2.75, 3.05) is 0 Å². The van der Waals surface area contributed by atoms with E-state index in [1.54, 1.807) is 0 Å². The Morgan fingerprint density at radius 1 is 1.05 bits per heavy atom. The number of carbonyl (C=O) groups excluding carboxylic acids is 1. The van der Waals surface area contributed by atoms with Gasteiger partial charge in [-0.1, -0.05) is 44.9 Å². The normalized spacial score (nSPS) is 23.2. The highest BCUT2D eigenvalue weighted by Crippen LogP contribution is 2.31. The molecule has 108 valence electrons. The first-order chi connectivity index (χ1) is 9.12. The minimum atomic E-state index is -0.993. The predicted molar refractivity (Wildman–Crippen MR) is 72.8 cm³/mol. The van der Waals surface area contributed by atoms with Crippen LogP contribution in [0.15, 0.2) is 0 Å². The van der Waals surface area contributed by atoms with Crippen molar-refractivity contribution in [3.8, 4) is 0 Å². The molecule has 2 aliphatic rings. The average molecular weight is 267 g/mol. The van der Waals surface area contributed by atoms with Gasteiger partial charge in [0.05, 0.1) is 0 Å². The van der Waals surface area contributed by atoms with Gasteiger partial charge < -0.3 is 10.4 Å². The van der Waals surface area contributed by atoms with E-state index in [2.05, 4.69) is 5.32 Å². The van der Waals surface area contributed by atoms with Crippen LogP contribution in [0.2, 0.25) is 0 Å². The Bertz CT molecular complexity index is 328. The third kappa shape index (κ3) is 3.71. The molecule has 0 unspecified atom stereocenters. The molecule has 2 N–H and O–H groups in total. The Balaban J connectivity index is 1.87. The van der Waals surface area contributed by atoms with Crippen LogP contribution in [0.1, 0.15) is 70.6 Å². The third-order valence-electron chi connectivity index (χ3n) is 4.75. The van der Waals surface area contributed by atoms with Gasteiger partial charge in [0.2, 0.25) is 5.91 Å². The number of hydrogen-bond acceptors (Lipinski definition) is 2. The average Bonchev–Trinajstić information content (AvgIpc) is 2.53. The van der Waals surface area contributed by atoms with Gasteiger partial charge in [0, 0.05) is 6.42 Å². The number of nitrogens with one attached hydrogen (secondary N) is 1. The summed E-state index contributed by atoms with van der Waals surface area (Å²) < 4.78 is 0. The highest BCUT2D eigenvalue weighted by molar-refractivity contribution is 5.87. The quantitative estimate of drug-likeness (QED) is 0.753. The summed E-state index contributed by atoms with van der Waals surface area (Å²) >= 11 is 0. The fourth-order valence-electron chi connectivity index (χ4n) is 3.17. The number of aliphatic carboxylic acids is 1. The van der Waals surface area contributed by atoms with Gasteiger partial charge in [-0.3, -0.25) is 4.79 Å². The summed E-state index contributed by atoms with van der Waals surface area (Å²) in [5.74, 6) is -0.233. The zero-order chi connectivity index (χ0) is 13.7. The standard InChI is InChI=1S/C15H25NO3/c17-13(9-8-12-6-5-7-12)16-15(14(18)19)10-3-1-2-4-11-15/h12H,1-11H2,(H,16,17)(H,18,19). The molecular weight excluding hydrogens is 242 g/mol. The summed E-state index contributed by atoms with van der Waals surface area (Å²) in [7, 11) is 0. The highest BCUT2D eigenvalue weighted by atomic mass is 16.4. The van der Waals surface area contributed by atoms with E-state index in [0.29, 0.717) is 25.2 Å². The van der Waals surface area contributed by atoms with Gasteiger partial charge >= 0.3 is 5.97 Å². The summed E-state index contributed by atoms with van der Waals surface area (Å²) in [6, 6.07) is 0. The molecule has 2 fully saturated rings. The van der Waals surface area contributed by atoms with Crippen molar-refractivity contribution in [1.82, 2.24) is 5.32 Å². The zero-order valence-corrected chi connectivity index (χ0v) is 11.6. The summed E-state index contributed by atoms with van der Waals surface area (Å²) in [6.07, 6.45) is 10.3. The molecule has 0 spiro atoms. The van der Waals surface area contributed by atoms with Gasteiger partial charge in [-0.2, -0.15) is 0 Å². The topological polar surface area (TPSA) is 66.4 Å². The fourth-order valence-corrected chi connectivity index (χ4v) is 3.17. The minimum Gasteiger partial charge on any atom is -0.480 e. The molecule has 2 aliphatic carbocycles. The smallest absolute Gasteiger partial charge is 0.329 e. The van der Waals surface area contributed by atoms with Gasteiger partial charge in [-0.15, -0.1) is 0 Å². The lowest BCUT2D eigenvalue weighted by atomic mass is 9.82. The highest BCUT2D eigenvalue weighted by Gasteiger charge is 2.39. The second-order valence-corrected chi connectivity index (χ2v) is 6.19. The van der Waals surface area contributed by atoms with Crippen LogP contribution in [0.5, 0.6) is 0 Å². The number of carboxylic acid groups (broad SMARTS) is 1. The van der Waals surface area contributed by atoms with Gasteiger partial charge in [0.15, 0.2) is 0 Å².